The van der Waals surface area contributed by atoms with Crippen molar-refractivity contribution in [2.24, 2.45) is 0 Å². The molecule has 0 aliphatic heterocycles. The van der Waals surface area contributed by atoms with Gasteiger partial charge < -0.3 is 5.32 Å². The highest BCUT2D eigenvalue weighted by Gasteiger charge is 2.18. The maximum absolute atomic E-state index is 6.33. The van der Waals surface area contributed by atoms with Crippen molar-refractivity contribution in [3.8, 4) is 0 Å². The van der Waals surface area contributed by atoms with Gasteiger partial charge in [-0.3, -0.25) is 0 Å². The SMILES string of the molecule is CNC(c1cc(Br)ccc1C)c1cccc(Cl)c1Cl. The molecule has 0 aromatic heterocycles. The molecule has 4 heteroatoms. The number of nitrogens with one attached hydrogen (secondary N) is 1. The summed E-state index contributed by atoms with van der Waals surface area (Å²) in [5, 5.41) is 4.48. The van der Waals surface area contributed by atoms with Crippen LogP contribution in [0.25, 0.3) is 0 Å². The lowest BCUT2D eigenvalue weighted by Crippen LogP contribution is -2.19. The van der Waals surface area contributed by atoms with E-state index < -0.39 is 0 Å². The topological polar surface area (TPSA) is 12.0 Å². The molecule has 100 valence electrons. The zero-order valence-electron chi connectivity index (χ0n) is 10.7. The lowest BCUT2D eigenvalue weighted by molar-refractivity contribution is 0.687. The molecular weight excluding hydrogens is 345 g/mol. The number of hydrogen-bond donors (Lipinski definition) is 1. The molecule has 0 aliphatic carbocycles. The minimum atomic E-state index is 0.0173. The van der Waals surface area contributed by atoms with E-state index in [1.165, 1.54) is 11.1 Å². The molecule has 1 nitrogen and oxygen atoms in total. The Bertz CT molecular complexity index is 597. The van der Waals surface area contributed by atoms with E-state index >= 15 is 0 Å². The summed E-state index contributed by atoms with van der Waals surface area (Å²) in [5.41, 5.74) is 3.37. The van der Waals surface area contributed by atoms with Gasteiger partial charge in [0.1, 0.15) is 0 Å². The monoisotopic (exact) mass is 357 g/mol. The summed E-state index contributed by atoms with van der Waals surface area (Å²) in [7, 11) is 1.92. The highest BCUT2D eigenvalue weighted by atomic mass is 79.9. The zero-order chi connectivity index (χ0) is 14.0. The first-order chi connectivity index (χ1) is 9.04. The summed E-state index contributed by atoms with van der Waals surface area (Å²) in [6.07, 6.45) is 0. The van der Waals surface area contributed by atoms with E-state index in [1.807, 2.05) is 25.2 Å². The first-order valence-electron chi connectivity index (χ1n) is 5.92. The average Bonchev–Trinajstić information content (AvgIpc) is 2.39. The molecule has 0 bridgehead atoms. The second-order valence-electron chi connectivity index (χ2n) is 4.37. The van der Waals surface area contributed by atoms with E-state index in [4.69, 9.17) is 23.2 Å². The molecule has 2 aromatic carbocycles. The number of aryl methyl sites for hydroxylation is 1. The van der Waals surface area contributed by atoms with E-state index in [0.29, 0.717) is 10.0 Å². The summed E-state index contributed by atoms with van der Waals surface area (Å²) in [4.78, 5) is 0. The van der Waals surface area contributed by atoms with Crippen LogP contribution in [-0.4, -0.2) is 7.05 Å². The van der Waals surface area contributed by atoms with Crippen LogP contribution in [0, 0.1) is 6.92 Å². The van der Waals surface area contributed by atoms with Gasteiger partial charge in [0.25, 0.3) is 0 Å². The largest absolute Gasteiger partial charge is 0.309 e. The molecule has 1 N–H and O–H groups in total. The Balaban J connectivity index is 2.56. The van der Waals surface area contributed by atoms with Crippen molar-refractivity contribution in [1.29, 1.82) is 0 Å². The molecule has 0 radical (unpaired) electrons. The minimum Gasteiger partial charge on any atom is -0.309 e. The van der Waals surface area contributed by atoms with Crippen LogP contribution in [0.3, 0.4) is 0 Å². The highest BCUT2D eigenvalue weighted by molar-refractivity contribution is 9.10. The fraction of sp³-hybridized carbons (Fsp3) is 0.200. The molecule has 0 heterocycles. The molecule has 0 spiro atoms. The van der Waals surface area contributed by atoms with Gasteiger partial charge in [-0.05, 0) is 48.9 Å². The first-order valence-corrected chi connectivity index (χ1v) is 7.46. The van der Waals surface area contributed by atoms with Crippen LogP contribution in [0.5, 0.6) is 0 Å². The summed E-state index contributed by atoms with van der Waals surface area (Å²) in [5.74, 6) is 0. The van der Waals surface area contributed by atoms with Crippen molar-refractivity contribution in [1.82, 2.24) is 5.32 Å². The maximum Gasteiger partial charge on any atom is 0.0643 e. The number of hydrogen-bond acceptors (Lipinski definition) is 1. The molecular formula is C15H14BrCl2N. The van der Waals surface area contributed by atoms with E-state index in [-0.39, 0.29) is 6.04 Å². The molecule has 1 unspecified atom stereocenters. The highest BCUT2D eigenvalue weighted by Crippen LogP contribution is 2.34. The van der Waals surface area contributed by atoms with Crippen molar-refractivity contribution < 1.29 is 0 Å². The maximum atomic E-state index is 6.33. The van der Waals surface area contributed by atoms with Gasteiger partial charge in [0.05, 0.1) is 16.1 Å². The first kappa shape index (κ1) is 14.9. The number of benzene rings is 2. The summed E-state index contributed by atoms with van der Waals surface area (Å²) in [6, 6.07) is 12.0. The Morgan fingerprint density at radius 2 is 1.84 bits per heavy atom. The molecule has 0 amide bonds. The van der Waals surface area contributed by atoms with Crippen LogP contribution in [0.4, 0.5) is 0 Å². The van der Waals surface area contributed by atoms with Crippen molar-refractivity contribution >= 4 is 39.1 Å². The second-order valence-corrected chi connectivity index (χ2v) is 6.07. The Labute approximate surface area is 132 Å². The number of halogens is 3. The minimum absolute atomic E-state index is 0.0173. The standard InChI is InChI=1S/C15H14BrCl2N/c1-9-6-7-10(16)8-12(9)15(19-2)11-4-3-5-13(17)14(11)18/h3-8,15,19H,1-2H3. The number of rotatable bonds is 3. The van der Waals surface area contributed by atoms with Gasteiger partial charge in [0.2, 0.25) is 0 Å². The van der Waals surface area contributed by atoms with Gasteiger partial charge in [-0.15, -0.1) is 0 Å². The van der Waals surface area contributed by atoms with E-state index in [9.17, 15) is 0 Å². The fourth-order valence-corrected chi connectivity index (χ4v) is 2.94. The van der Waals surface area contributed by atoms with Gasteiger partial charge in [-0.1, -0.05) is 57.3 Å². The van der Waals surface area contributed by atoms with Crippen LogP contribution in [0.2, 0.25) is 10.0 Å². The average molecular weight is 359 g/mol. The Hall–Kier alpha value is -0.540. The smallest absolute Gasteiger partial charge is 0.0643 e. The Morgan fingerprint density at radius 3 is 2.53 bits per heavy atom. The summed E-state index contributed by atoms with van der Waals surface area (Å²) < 4.78 is 1.05. The fourth-order valence-electron chi connectivity index (χ4n) is 2.14. The molecule has 1 atom stereocenters. The third-order valence-corrected chi connectivity index (χ3v) is 4.46. The second kappa shape index (κ2) is 6.27. The summed E-state index contributed by atoms with van der Waals surface area (Å²) in [6.45, 7) is 2.09. The van der Waals surface area contributed by atoms with Gasteiger partial charge >= 0.3 is 0 Å². The zero-order valence-corrected chi connectivity index (χ0v) is 13.8. The third kappa shape index (κ3) is 3.14. The van der Waals surface area contributed by atoms with Gasteiger partial charge in [0, 0.05) is 4.47 Å². The van der Waals surface area contributed by atoms with E-state index in [2.05, 4.69) is 40.3 Å². The van der Waals surface area contributed by atoms with Crippen molar-refractivity contribution in [3.05, 3.63) is 67.6 Å². The van der Waals surface area contributed by atoms with Crippen molar-refractivity contribution in [2.45, 2.75) is 13.0 Å². The predicted octanol–water partition coefficient (Wildman–Crippen LogP) is 5.37. The lowest BCUT2D eigenvalue weighted by Gasteiger charge is -2.21. The van der Waals surface area contributed by atoms with E-state index in [1.54, 1.807) is 6.07 Å². The van der Waals surface area contributed by atoms with Crippen LogP contribution in [-0.2, 0) is 0 Å². The van der Waals surface area contributed by atoms with Crippen molar-refractivity contribution in [2.75, 3.05) is 7.05 Å². The van der Waals surface area contributed by atoms with Gasteiger partial charge in [0.15, 0.2) is 0 Å². The van der Waals surface area contributed by atoms with Crippen LogP contribution in [0.1, 0.15) is 22.7 Å². The van der Waals surface area contributed by atoms with E-state index in [0.717, 1.165) is 10.0 Å². The Morgan fingerprint density at radius 1 is 1.11 bits per heavy atom. The Kier molecular flexibility index (Phi) is 4.91. The van der Waals surface area contributed by atoms with Crippen LogP contribution < -0.4 is 5.32 Å². The third-order valence-electron chi connectivity index (χ3n) is 3.13. The van der Waals surface area contributed by atoms with Gasteiger partial charge in [-0.2, -0.15) is 0 Å². The molecule has 2 aromatic rings. The molecule has 0 saturated carbocycles. The molecule has 0 saturated heterocycles. The van der Waals surface area contributed by atoms with Gasteiger partial charge in [-0.25, -0.2) is 0 Å². The van der Waals surface area contributed by atoms with Crippen molar-refractivity contribution in [3.63, 3.8) is 0 Å². The molecule has 2 rings (SSSR count). The predicted molar refractivity (Wildman–Crippen MR) is 86.2 cm³/mol. The lowest BCUT2D eigenvalue weighted by atomic mass is 9.95. The summed E-state index contributed by atoms with van der Waals surface area (Å²) >= 11 is 15.9. The molecule has 0 fully saturated rings. The van der Waals surface area contributed by atoms with Crippen LogP contribution in [0.15, 0.2) is 40.9 Å². The molecule has 0 aliphatic rings. The van der Waals surface area contributed by atoms with Crippen LogP contribution >= 0.6 is 39.1 Å². The quantitative estimate of drug-likeness (QED) is 0.777. The molecule has 19 heavy (non-hydrogen) atoms. The normalized spacial score (nSPS) is 12.5.